The van der Waals surface area contributed by atoms with Crippen molar-refractivity contribution in [1.29, 1.82) is 5.26 Å². The zero-order valence-corrected chi connectivity index (χ0v) is 13.7. The molecule has 0 aliphatic heterocycles. The van der Waals surface area contributed by atoms with Crippen molar-refractivity contribution in [3.05, 3.63) is 54.1 Å². The lowest BCUT2D eigenvalue weighted by molar-refractivity contribution is -0.115. The maximum atomic E-state index is 12.3. The molecule has 4 nitrogen and oxygen atoms in total. The van der Waals surface area contributed by atoms with Crippen LogP contribution in [0.3, 0.4) is 0 Å². The summed E-state index contributed by atoms with van der Waals surface area (Å²) in [4.78, 5) is 13.2. The van der Waals surface area contributed by atoms with E-state index in [4.69, 9.17) is 10.00 Å². The maximum absolute atomic E-state index is 12.3. The summed E-state index contributed by atoms with van der Waals surface area (Å²) in [6.45, 7) is 0. The topological polar surface area (TPSA) is 62.1 Å². The Kier molecular flexibility index (Phi) is 6.52. The lowest BCUT2D eigenvalue weighted by Gasteiger charge is -2.10. The van der Waals surface area contributed by atoms with E-state index in [1.807, 2.05) is 48.5 Å². The number of nitrogens with one attached hydrogen (secondary N) is 1. The number of anilines is 1. The van der Waals surface area contributed by atoms with Gasteiger partial charge in [-0.2, -0.15) is 5.26 Å². The van der Waals surface area contributed by atoms with Crippen LogP contribution >= 0.6 is 11.8 Å². The number of hydrogen-bond acceptors (Lipinski definition) is 4. The van der Waals surface area contributed by atoms with Crippen molar-refractivity contribution < 1.29 is 9.53 Å². The Hall–Kier alpha value is -2.45. The van der Waals surface area contributed by atoms with Gasteiger partial charge in [0.1, 0.15) is 5.75 Å². The number of benzene rings is 2. The van der Waals surface area contributed by atoms with Crippen LogP contribution < -0.4 is 10.1 Å². The minimum Gasteiger partial charge on any atom is -0.497 e. The first kappa shape index (κ1) is 16.9. The van der Waals surface area contributed by atoms with Crippen LogP contribution in [0.25, 0.3) is 0 Å². The molecule has 0 saturated heterocycles. The minimum atomic E-state index is -0.0772. The van der Waals surface area contributed by atoms with Crippen molar-refractivity contribution in [2.24, 2.45) is 0 Å². The largest absolute Gasteiger partial charge is 0.497 e. The predicted molar refractivity (Wildman–Crippen MR) is 92.7 cm³/mol. The Bertz CT molecular complexity index is 710. The molecule has 1 N–H and O–H groups in total. The lowest BCUT2D eigenvalue weighted by atomic mass is 10.1. The summed E-state index contributed by atoms with van der Waals surface area (Å²) < 4.78 is 5.17. The van der Waals surface area contributed by atoms with E-state index in [1.54, 1.807) is 18.9 Å². The third kappa shape index (κ3) is 5.35. The molecule has 118 valence electrons. The van der Waals surface area contributed by atoms with Gasteiger partial charge in [-0.1, -0.05) is 24.3 Å². The van der Waals surface area contributed by atoms with Gasteiger partial charge in [-0.05, 0) is 29.8 Å². The molecule has 0 saturated carbocycles. The van der Waals surface area contributed by atoms with E-state index in [2.05, 4.69) is 11.4 Å². The van der Waals surface area contributed by atoms with Crippen molar-refractivity contribution >= 4 is 23.4 Å². The van der Waals surface area contributed by atoms with Crippen molar-refractivity contribution in [3.63, 3.8) is 0 Å². The number of carbonyl (C=O) groups excluding carboxylic acids is 1. The summed E-state index contributed by atoms with van der Waals surface area (Å²) in [5.41, 5.74) is 1.68. The third-order valence-corrected chi connectivity index (χ3v) is 4.21. The van der Waals surface area contributed by atoms with Gasteiger partial charge in [0.05, 0.1) is 25.3 Å². The molecule has 2 aromatic rings. The molecule has 0 fully saturated rings. The van der Waals surface area contributed by atoms with Crippen LogP contribution in [0, 0.1) is 11.3 Å². The molecule has 0 aliphatic rings. The van der Waals surface area contributed by atoms with E-state index < -0.39 is 0 Å². The molecule has 0 heterocycles. The van der Waals surface area contributed by atoms with Crippen LogP contribution in [0.15, 0.2) is 53.4 Å². The summed E-state index contributed by atoms with van der Waals surface area (Å²) in [7, 11) is 1.61. The summed E-state index contributed by atoms with van der Waals surface area (Å²) >= 11 is 1.57. The third-order valence-electron chi connectivity index (χ3n) is 3.13. The van der Waals surface area contributed by atoms with Gasteiger partial charge in [0.25, 0.3) is 0 Å². The Labute approximate surface area is 140 Å². The summed E-state index contributed by atoms with van der Waals surface area (Å²) in [5, 5.41) is 11.6. The molecule has 1 amide bonds. The average Bonchev–Trinajstić information content (AvgIpc) is 2.56. The first-order valence-electron chi connectivity index (χ1n) is 7.24. The van der Waals surface area contributed by atoms with Crippen LogP contribution in [-0.2, 0) is 11.2 Å². The SMILES string of the molecule is COc1cccc(CC(=O)Nc2ccccc2SCCC#N)c1. The van der Waals surface area contributed by atoms with Gasteiger partial charge in [0.15, 0.2) is 0 Å². The molecular weight excluding hydrogens is 308 g/mol. The van der Waals surface area contributed by atoms with Crippen LogP contribution in [0.5, 0.6) is 5.75 Å². The van der Waals surface area contributed by atoms with Crippen LogP contribution in [0.4, 0.5) is 5.69 Å². The zero-order chi connectivity index (χ0) is 16.5. The first-order chi connectivity index (χ1) is 11.2. The quantitative estimate of drug-likeness (QED) is 0.619. The van der Waals surface area contributed by atoms with Crippen LogP contribution in [0.2, 0.25) is 0 Å². The van der Waals surface area contributed by atoms with Gasteiger partial charge in [0, 0.05) is 17.1 Å². The smallest absolute Gasteiger partial charge is 0.228 e. The molecule has 0 aliphatic carbocycles. The normalized spacial score (nSPS) is 9.91. The van der Waals surface area contributed by atoms with Gasteiger partial charge >= 0.3 is 0 Å². The second-order valence-corrected chi connectivity index (χ2v) is 5.97. The summed E-state index contributed by atoms with van der Waals surface area (Å²) in [5.74, 6) is 1.37. The average molecular weight is 326 g/mol. The number of methoxy groups -OCH3 is 1. The number of nitriles is 1. The minimum absolute atomic E-state index is 0.0772. The van der Waals surface area contributed by atoms with E-state index in [0.717, 1.165) is 21.9 Å². The molecule has 0 radical (unpaired) electrons. The molecule has 5 heteroatoms. The molecule has 0 atom stereocenters. The molecule has 0 aromatic heterocycles. The van der Waals surface area contributed by atoms with Gasteiger partial charge in [0.2, 0.25) is 5.91 Å². The number of ether oxygens (including phenoxy) is 1. The summed E-state index contributed by atoms with van der Waals surface area (Å²) in [6, 6.07) is 17.2. The van der Waals surface area contributed by atoms with E-state index in [1.165, 1.54) is 0 Å². The van der Waals surface area contributed by atoms with Crippen molar-refractivity contribution in [3.8, 4) is 11.8 Å². The Morgan fingerprint density at radius 3 is 2.87 bits per heavy atom. The molecular formula is C18H18N2O2S. The number of nitrogens with zero attached hydrogens (tertiary/aromatic N) is 1. The van der Waals surface area contributed by atoms with Gasteiger partial charge < -0.3 is 10.1 Å². The van der Waals surface area contributed by atoms with Crippen molar-refractivity contribution in [2.45, 2.75) is 17.7 Å². The Morgan fingerprint density at radius 1 is 1.26 bits per heavy atom. The van der Waals surface area contributed by atoms with Gasteiger partial charge in [-0.15, -0.1) is 11.8 Å². The standard InChI is InChI=1S/C18H18N2O2S/c1-22-15-7-4-6-14(12-15)13-18(21)20-16-8-2-3-9-17(16)23-11-5-10-19/h2-4,6-9,12H,5,11,13H2,1H3,(H,20,21). The summed E-state index contributed by atoms with van der Waals surface area (Å²) in [6.07, 6.45) is 0.769. The predicted octanol–water partition coefficient (Wildman–Crippen LogP) is 3.88. The van der Waals surface area contributed by atoms with E-state index in [0.29, 0.717) is 12.2 Å². The number of hydrogen-bond donors (Lipinski definition) is 1. The molecule has 2 rings (SSSR count). The van der Waals surface area contributed by atoms with E-state index in [9.17, 15) is 4.79 Å². The first-order valence-corrected chi connectivity index (χ1v) is 8.23. The number of rotatable bonds is 7. The number of para-hydroxylation sites is 1. The molecule has 0 bridgehead atoms. The van der Waals surface area contributed by atoms with Gasteiger partial charge in [-0.3, -0.25) is 4.79 Å². The molecule has 2 aromatic carbocycles. The molecule has 0 unspecified atom stereocenters. The Morgan fingerprint density at radius 2 is 2.09 bits per heavy atom. The maximum Gasteiger partial charge on any atom is 0.228 e. The highest BCUT2D eigenvalue weighted by Gasteiger charge is 2.08. The van der Waals surface area contributed by atoms with E-state index in [-0.39, 0.29) is 12.3 Å². The number of carbonyl (C=O) groups is 1. The Balaban J connectivity index is 2.01. The zero-order valence-electron chi connectivity index (χ0n) is 12.9. The highest BCUT2D eigenvalue weighted by Crippen LogP contribution is 2.27. The van der Waals surface area contributed by atoms with E-state index >= 15 is 0 Å². The second-order valence-electron chi connectivity index (χ2n) is 4.83. The van der Waals surface area contributed by atoms with Gasteiger partial charge in [-0.25, -0.2) is 0 Å². The fourth-order valence-electron chi connectivity index (χ4n) is 2.06. The lowest BCUT2D eigenvalue weighted by Crippen LogP contribution is -2.15. The molecule has 0 spiro atoms. The monoisotopic (exact) mass is 326 g/mol. The fourth-order valence-corrected chi connectivity index (χ4v) is 2.93. The van der Waals surface area contributed by atoms with Crippen molar-refractivity contribution in [2.75, 3.05) is 18.2 Å². The van der Waals surface area contributed by atoms with Crippen LogP contribution in [-0.4, -0.2) is 18.8 Å². The highest BCUT2D eigenvalue weighted by atomic mass is 32.2. The fraction of sp³-hybridized carbons (Fsp3) is 0.222. The van der Waals surface area contributed by atoms with Crippen LogP contribution in [0.1, 0.15) is 12.0 Å². The second kappa shape index (κ2) is 8.86. The highest BCUT2D eigenvalue weighted by molar-refractivity contribution is 7.99. The molecule has 23 heavy (non-hydrogen) atoms. The number of amides is 1. The number of thioether (sulfide) groups is 1. The van der Waals surface area contributed by atoms with Crippen molar-refractivity contribution in [1.82, 2.24) is 0 Å².